The van der Waals surface area contributed by atoms with Crippen LogP contribution in [0.15, 0.2) is 54.7 Å². The fourth-order valence-electron chi connectivity index (χ4n) is 2.75. The number of hydrogen-bond acceptors (Lipinski definition) is 5. The lowest BCUT2D eigenvalue weighted by Gasteiger charge is -2.04. The van der Waals surface area contributed by atoms with E-state index in [1.54, 1.807) is 6.07 Å². The normalized spacial score (nSPS) is 11.0. The Morgan fingerprint density at radius 1 is 1.23 bits per heavy atom. The summed E-state index contributed by atoms with van der Waals surface area (Å²) < 4.78 is 1.92. The maximum atomic E-state index is 12.5. The second kappa shape index (κ2) is 6.61. The smallest absolute Gasteiger partial charge is 0.267 e. The van der Waals surface area contributed by atoms with E-state index in [2.05, 4.69) is 15.4 Å². The van der Waals surface area contributed by atoms with Gasteiger partial charge in [-0.05, 0) is 30.7 Å². The van der Waals surface area contributed by atoms with Crippen molar-refractivity contribution in [1.29, 1.82) is 0 Å². The molecule has 0 atom stereocenters. The van der Waals surface area contributed by atoms with E-state index in [1.165, 1.54) is 23.6 Å². The van der Waals surface area contributed by atoms with Crippen LogP contribution in [0.1, 0.15) is 20.9 Å². The number of nitrogens with zero attached hydrogens (tertiary/aromatic N) is 3. The molecule has 1 aromatic carbocycles. The summed E-state index contributed by atoms with van der Waals surface area (Å²) in [5.41, 5.74) is 2.03. The summed E-state index contributed by atoms with van der Waals surface area (Å²) >= 11 is 1.38. The van der Waals surface area contributed by atoms with Gasteiger partial charge in [-0.25, -0.2) is 4.98 Å². The SMILES string of the molecule is Cc1nn(Cc2ccccc2)c2sc(C(=O)Nc3ncccc3O)cc12. The zero-order valence-corrected chi connectivity index (χ0v) is 14.8. The van der Waals surface area contributed by atoms with Gasteiger partial charge in [0.05, 0.1) is 17.1 Å². The highest BCUT2D eigenvalue weighted by Crippen LogP contribution is 2.30. The largest absolute Gasteiger partial charge is 0.504 e. The van der Waals surface area contributed by atoms with E-state index in [1.807, 2.05) is 48.0 Å². The molecule has 0 radical (unpaired) electrons. The van der Waals surface area contributed by atoms with Crippen LogP contribution in [0, 0.1) is 6.92 Å². The van der Waals surface area contributed by atoms with Gasteiger partial charge >= 0.3 is 0 Å². The number of anilines is 1. The lowest BCUT2D eigenvalue weighted by molar-refractivity contribution is 0.102. The van der Waals surface area contributed by atoms with Crippen molar-refractivity contribution in [2.24, 2.45) is 0 Å². The highest BCUT2D eigenvalue weighted by Gasteiger charge is 2.17. The Labute approximate surface area is 153 Å². The third kappa shape index (κ3) is 3.04. The van der Waals surface area contributed by atoms with Crippen molar-refractivity contribution < 1.29 is 9.90 Å². The van der Waals surface area contributed by atoms with Gasteiger partial charge < -0.3 is 10.4 Å². The molecule has 4 aromatic rings. The number of benzene rings is 1. The van der Waals surface area contributed by atoms with Gasteiger partial charge in [-0.2, -0.15) is 5.10 Å². The number of thiophene rings is 1. The van der Waals surface area contributed by atoms with Gasteiger partial charge in [0.2, 0.25) is 0 Å². The van der Waals surface area contributed by atoms with Crippen LogP contribution in [-0.2, 0) is 6.54 Å². The number of pyridine rings is 1. The summed E-state index contributed by atoms with van der Waals surface area (Å²) in [6.07, 6.45) is 1.52. The van der Waals surface area contributed by atoms with Crippen molar-refractivity contribution in [3.63, 3.8) is 0 Å². The molecule has 0 fully saturated rings. The predicted molar refractivity (Wildman–Crippen MR) is 102 cm³/mol. The number of carbonyl (C=O) groups excluding carboxylic acids is 1. The van der Waals surface area contributed by atoms with Gasteiger partial charge in [-0.1, -0.05) is 30.3 Å². The van der Waals surface area contributed by atoms with E-state index in [0.29, 0.717) is 11.4 Å². The summed E-state index contributed by atoms with van der Waals surface area (Å²) in [6, 6.07) is 15.0. The zero-order chi connectivity index (χ0) is 18.1. The quantitative estimate of drug-likeness (QED) is 0.577. The molecule has 0 aliphatic carbocycles. The lowest BCUT2D eigenvalue weighted by atomic mass is 10.2. The van der Waals surface area contributed by atoms with Crippen LogP contribution in [0.2, 0.25) is 0 Å². The molecule has 3 heterocycles. The van der Waals surface area contributed by atoms with Crippen LogP contribution >= 0.6 is 11.3 Å². The van der Waals surface area contributed by atoms with Crippen LogP contribution in [0.3, 0.4) is 0 Å². The van der Waals surface area contributed by atoms with Gasteiger partial charge in [-0.15, -0.1) is 11.3 Å². The van der Waals surface area contributed by atoms with E-state index < -0.39 is 0 Å². The van der Waals surface area contributed by atoms with Crippen LogP contribution in [-0.4, -0.2) is 25.8 Å². The Morgan fingerprint density at radius 3 is 2.81 bits per heavy atom. The Balaban J connectivity index is 1.64. The number of carbonyl (C=O) groups is 1. The standard InChI is InChI=1S/C19H16N4O2S/c1-12-14-10-16(18(25)21-17-15(24)8-5-9-20-17)26-19(14)23(22-12)11-13-6-3-2-4-7-13/h2-10,24H,11H2,1H3,(H,20,21,25). The Bertz CT molecular complexity index is 1090. The summed E-state index contributed by atoms with van der Waals surface area (Å²) in [5.74, 6) is -0.211. The number of aromatic nitrogens is 3. The average Bonchev–Trinajstić information content (AvgIpc) is 3.20. The zero-order valence-electron chi connectivity index (χ0n) is 14.0. The number of fused-ring (bicyclic) bond motifs is 1. The molecule has 3 aromatic heterocycles. The van der Waals surface area contributed by atoms with Crippen molar-refractivity contribution in [2.45, 2.75) is 13.5 Å². The molecule has 0 saturated carbocycles. The first kappa shape index (κ1) is 16.3. The minimum atomic E-state index is -0.300. The first-order valence-corrected chi connectivity index (χ1v) is 8.89. The highest BCUT2D eigenvalue weighted by atomic mass is 32.1. The van der Waals surface area contributed by atoms with E-state index in [4.69, 9.17) is 0 Å². The highest BCUT2D eigenvalue weighted by molar-refractivity contribution is 7.20. The fourth-order valence-corrected chi connectivity index (χ4v) is 3.81. The number of aromatic hydroxyl groups is 1. The molecule has 0 bridgehead atoms. The van der Waals surface area contributed by atoms with Gasteiger partial charge in [0.25, 0.3) is 5.91 Å². The average molecular weight is 364 g/mol. The molecule has 7 heteroatoms. The second-order valence-electron chi connectivity index (χ2n) is 5.88. The number of rotatable bonds is 4. The molecule has 130 valence electrons. The van der Waals surface area contributed by atoms with Gasteiger partial charge in [0, 0.05) is 11.6 Å². The van der Waals surface area contributed by atoms with Crippen molar-refractivity contribution in [1.82, 2.24) is 14.8 Å². The second-order valence-corrected chi connectivity index (χ2v) is 6.91. The van der Waals surface area contributed by atoms with Crippen molar-refractivity contribution in [3.8, 4) is 5.75 Å². The molecule has 26 heavy (non-hydrogen) atoms. The van der Waals surface area contributed by atoms with E-state index in [9.17, 15) is 9.90 Å². The fraction of sp³-hybridized carbons (Fsp3) is 0.105. The topological polar surface area (TPSA) is 80.0 Å². The predicted octanol–water partition coefficient (Wildman–Crippen LogP) is 3.81. The van der Waals surface area contributed by atoms with Crippen LogP contribution < -0.4 is 5.32 Å². The molecular formula is C19H16N4O2S. The van der Waals surface area contributed by atoms with Crippen molar-refractivity contribution in [2.75, 3.05) is 5.32 Å². The number of nitrogens with one attached hydrogen (secondary N) is 1. The Kier molecular flexibility index (Phi) is 4.14. The van der Waals surface area contributed by atoms with Crippen LogP contribution in [0.4, 0.5) is 5.82 Å². The summed E-state index contributed by atoms with van der Waals surface area (Å²) in [6.45, 7) is 2.58. The molecule has 4 rings (SSSR count). The molecule has 1 amide bonds. The molecule has 6 nitrogen and oxygen atoms in total. The molecular weight excluding hydrogens is 348 g/mol. The van der Waals surface area contributed by atoms with Gasteiger partial charge in [0.1, 0.15) is 4.83 Å². The minimum absolute atomic E-state index is 0.0617. The lowest BCUT2D eigenvalue weighted by Crippen LogP contribution is -2.11. The van der Waals surface area contributed by atoms with E-state index >= 15 is 0 Å². The third-order valence-electron chi connectivity index (χ3n) is 4.02. The molecule has 0 spiro atoms. The first-order valence-electron chi connectivity index (χ1n) is 8.08. The van der Waals surface area contributed by atoms with Gasteiger partial charge in [0.15, 0.2) is 11.6 Å². The first-order chi connectivity index (χ1) is 12.6. The third-order valence-corrected chi connectivity index (χ3v) is 5.17. The van der Waals surface area contributed by atoms with E-state index in [-0.39, 0.29) is 17.5 Å². The minimum Gasteiger partial charge on any atom is -0.504 e. The maximum absolute atomic E-state index is 12.5. The van der Waals surface area contributed by atoms with Gasteiger partial charge in [-0.3, -0.25) is 9.48 Å². The van der Waals surface area contributed by atoms with Crippen LogP contribution in [0.5, 0.6) is 5.75 Å². The molecule has 0 aliphatic heterocycles. The number of aryl methyl sites for hydroxylation is 1. The molecule has 2 N–H and O–H groups in total. The summed E-state index contributed by atoms with van der Waals surface area (Å²) in [7, 11) is 0. The molecule has 0 saturated heterocycles. The van der Waals surface area contributed by atoms with Crippen LogP contribution in [0.25, 0.3) is 10.2 Å². The maximum Gasteiger partial charge on any atom is 0.267 e. The molecule has 0 unspecified atom stereocenters. The molecule has 0 aliphatic rings. The summed E-state index contributed by atoms with van der Waals surface area (Å²) in [4.78, 5) is 18.0. The van der Waals surface area contributed by atoms with Crippen molar-refractivity contribution in [3.05, 3.63) is 70.9 Å². The monoisotopic (exact) mass is 364 g/mol. The number of amides is 1. The Hall–Kier alpha value is -3.19. The number of hydrogen-bond donors (Lipinski definition) is 2. The Morgan fingerprint density at radius 2 is 2.04 bits per heavy atom. The summed E-state index contributed by atoms with van der Waals surface area (Å²) in [5, 5.41) is 18.0. The van der Waals surface area contributed by atoms with E-state index in [0.717, 1.165) is 21.5 Å². The van der Waals surface area contributed by atoms with Crippen molar-refractivity contribution >= 4 is 33.3 Å².